The van der Waals surface area contributed by atoms with Crippen molar-refractivity contribution in [3.8, 4) is 0 Å². The lowest BCUT2D eigenvalue weighted by Gasteiger charge is -2.18. The number of thiophene rings is 1. The lowest BCUT2D eigenvalue weighted by atomic mass is 10.1. The van der Waals surface area contributed by atoms with Gasteiger partial charge >= 0.3 is 5.97 Å². The van der Waals surface area contributed by atoms with Crippen molar-refractivity contribution in [1.82, 2.24) is 0 Å². The van der Waals surface area contributed by atoms with Gasteiger partial charge in [-0.2, -0.15) is 0 Å². The van der Waals surface area contributed by atoms with Crippen LogP contribution in [0.2, 0.25) is 0 Å². The number of Topliss-reactive ketones (excluding diaryl/α,β-unsaturated/α-hetero) is 1. The molecule has 0 bridgehead atoms. The minimum atomic E-state index is -1.12. The molecule has 1 amide bonds. The minimum absolute atomic E-state index is 0.124. The summed E-state index contributed by atoms with van der Waals surface area (Å²) in [5.74, 6) is -1.21. The summed E-state index contributed by atoms with van der Waals surface area (Å²) in [6, 6.07) is 17.7. The fraction of sp³-hybridized carbons (Fsp3) is 0.174. The minimum Gasteiger partial charge on any atom is -0.443 e. The van der Waals surface area contributed by atoms with Crippen LogP contribution in [-0.4, -0.2) is 17.7 Å². The van der Waals surface area contributed by atoms with Crippen LogP contribution in [0, 0.1) is 13.8 Å². The molecular weight excluding hydrogens is 386 g/mol. The third-order valence-corrected chi connectivity index (χ3v) is 5.54. The average Bonchev–Trinajstić information content (AvgIpc) is 3.20. The molecule has 0 aliphatic rings. The van der Waals surface area contributed by atoms with E-state index in [-0.39, 0.29) is 10.7 Å². The Balaban J connectivity index is 1.86. The summed E-state index contributed by atoms with van der Waals surface area (Å²) in [5.41, 5.74) is 3.15. The van der Waals surface area contributed by atoms with Gasteiger partial charge in [-0.05, 0) is 50.1 Å². The van der Waals surface area contributed by atoms with E-state index in [1.54, 1.807) is 30.3 Å². The van der Waals surface area contributed by atoms with Crippen LogP contribution < -0.4 is 5.32 Å². The summed E-state index contributed by atoms with van der Waals surface area (Å²) in [7, 11) is 0. The molecule has 1 unspecified atom stereocenters. The Morgan fingerprint density at radius 1 is 0.931 bits per heavy atom. The summed E-state index contributed by atoms with van der Waals surface area (Å²) < 4.78 is 5.57. The van der Waals surface area contributed by atoms with Crippen molar-refractivity contribution in [2.45, 2.75) is 26.9 Å². The van der Waals surface area contributed by atoms with Crippen molar-refractivity contribution in [2.24, 2.45) is 0 Å². The number of benzene rings is 2. The molecule has 6 heteroatoms. The van der Waals surface area contributed by atoms with Gasteiger partial charge in [0.25, 0.3) is 5.91 Å². The van der Waals surface area contributed by atoms with E-state index < -0.39 is 18.0 Å². The van der Waals surface area contributed by atoms with Gasteiger partial charge in [-0.3, -0.25) is 9.59 Å². The molecule has 3 rings (SSSR count). The molecule has 1 atom stereocenters. The number of amides is 1. The zero-order chi connectivity index (χ0) is 21.0. The second-order valence-corrected chi connectivity index (χ2v) is 7.81. The Morgan fingerprint density at radius 3 is 2.28 bits per heavy atom. The van der Waals surface area contributed by atoms with Gasteiger partial charge in [0.05, 0.1) is 4.88 Å². The van der Waals surface area contributed by atoms with Crippen LogP contribution in [0.1, 0.15) is 49.1 Å². The molecule has 2 aromatic carbocycles. The molecule has 0 fully saturated rings. The maximum Gasteiger partial charge on any atom is 0.349 e. The van der Waals surface area contributed by atoms with E-state index in [9.17, 15) is 14.4 Å². The van der Waals surface area contributed by atoms with E-state index in [0.29, 0.717) is 16.1 Å². The first-order chi connectivity index (χ1) is 13.8. The first-order valence-corrected chi connectivity index (χ1v) is 9.91. The molecule has 5 nitrogen and oxygen atoms in total. The monoisotopic (exact) mass is 407 g/mol. The van der Waals surface area contributed by atoms with Crippen molar-refractivity contribution in [3.05, 3.63) is 87.1 Å². The van der Waals surface area contributed by atoms with Gasteiger partial charge in [-0.15, -0.1) is 11.3 Å². The second kappa shape index (κ2) is 8.84. The van der Waals surface area contributed by atoms with Crippen molar-refractivity contribution in [2.75, 3.05) is 5.32 Å². The fourth-order valence-electron chi connectivity index (χ4n) is 2.77. The van der Waals surface area contributed by atoms with Gasteiger partial charge in [0.1, 0.15) is 4.88 Å². The summed E-state index contributed by atoms with van der Waals surface area (Å²) in [5, 5.41) is 2.86. The van der Waals surface area contributed by atoms with Crippen molar-refractivity contribution < 1.29 is 19.1 Å². The Hall–Kier alpha value is -3.25. The van der Waals surface area contributed by atoms with Crippen LogP contribution in [0.4, 0.5) is 5.69 Å². The quantitative estimate of drug-likeness (QED) is 0.456. The Kier molecular flexibility index (Phi) is 6.24. The van der Waals surface area contributed by atoms with Crippen LogP contribution in [0.15, 0.2) is 60.7 Å². The van der Waals surface area contributed by atoms with Crippen LogP contribution in [0.3, 0.4) is 0 Å². The van der Waals surface area contributed by atoms with Crippen LogP contribution in [-0.2, 0) is 9.53 Å². The molecule has 148 valence electrons. The van der Waals surface area contributed by atoms with E-state index in [4.69, 9.17) is 4.74 Å². The number of ether oxygens (including phenoxy) is 1. The zero-order valence-corrected chi connectivity index (χ0v) is 17.2. The van der Waals surface area contributed by atoms with Gasteiger partial charge in [0, 0.05) is 11.3 Å². The first-order valence-electron chi connectivity index (χ1n) is 9.10. The van der Waals surface area contributed by atoms with Crippen LogP contribution in [0.25, 0.3) is 0 Å². The number of hydrogen-bond acceptors (Lipinski definition) is 5. The number of anilines is 1. The summed E-state index contributed by atoms with van der Waals surface area (Å²) >= 11 is 1.05. The van der Waals surface area contributed by atoms with E-state index in [2.05, 4.69) is 5.32 Å². The number of esters is 1. The molecule has 0 aliphatic carbocycles. The Morgan fingerprint density at radius 2 is 1.62 bits per heavy atom. The molecule has 1 N–H and O–H groups in total. The number of ketones is 1. The summed E-state index contributed by atoms with van der Waals surface area (Å²) in [4.78, 5) is 37.9. The van der Waals surface area contributed by atoms with Crippen molar-refractivity contribution in [3.63, 3.8) is 0 Å². The molecule has 29 heavy (non-hydrogen) atoms. The van der Waals surface area contributed by atoms with Gasteiger partial charge < -0.3 is 10.1 Å². The summed E-state index contributed by atoms with van der Waals surface area (Å²) in [6.07, 6.45) is -1.12. The molecule has 0 saturated carbocycles. The number of nitrogens with one attached hydrogen (secondary N) is 1. The van der Waals surface area contributed by atoms with Crippen molar-refractivity contribution in [1.29, 1.82) is 0 Å². The topological polar surface area (TPSA) is 72.5 Å². The third-order valence-electron chi connectivity index (χ3n) is 4.37. The molecule has 1 aromatic heterocycles. The number of aryl methyl sites for hydroxylation is 2. The Bertz CT molecular complexity index is 1060. The van der Waals surface area contributed by atoms with Crippen LogP contribution in [0.5, 0.6) is 0 Å². The third kappa shape index (κ3) is 4.97. The normalized spacial score (nSPS) is 11.6. The fourth-order valence-corrected chi connectivity index (χ4v) is 3.56. The molecule has 3 aromatic rings. The lowest BCUT2D eigenvalue weighted by Crippen LogP contribution is -2.26. The Labute approximate surface area is 173 Å². The van der Waals surface area contributed by atoms with Gasteiger partial charge in [0.15, 0.2) is 5.78 Å². The predicted octanol–water partition coefficient (Wildman–Crippen LogP) is 5.10. The van der Waals surface area contributed by atoms with E-state index in [1.807, 2.05) is 38.1 Å². The van der Waals surface area contributed by atoms with E-state index in [0.717, 1.165) is 22.5 Å². The highest BCUT2D eigenvalue weighted by Crippen LogP contribution is 2.25. The maximum absolute atomic E-state index is 13.0. The molecule has 0 radical (unpaired) electrons. The van der Waals surface area contributed by atoms with Crippen LogP contribution >= 0.6 is 11.3 Å². The highest BCUT2D eigenvalue weighted by molar-refractivity contribution is 7.15. The average molecular weight is 407 g/mol. The molecule has 0 aliphatic heterocycles. The maximum atomic E-state index is 13.0. The second-order valence-electron chi connectivity index (χ2n) is 6.72. The number of hydrogen-bond donors (Lipinski definition) is 1. The smallest absolute Gasteiger partial charge is 0.349 e. The van der Waals surface area contributed by atoms with Gasteiger partial charge in [0.2, 0.25) is 6.10 Å². The molecule has 1 heterocycles. The lowest BCUT2D eigenvalue weighted by molar-refractivity contribution is -0.125. The highest BCUT2D eigenvalue weighted by atomic mass is 32.1. The number of carbonyl (C=O) groups excluding carboxylic acids is 3. The largest absolute Gasteiger partial charge is 0.443 e. The SMILES string of the molecule is CC(=O)c1ccc(C(=O)OC(C(=O)Nc2cc(C)ccc2C)c2ccccc2)s1. The molecule has 0 saturated heterocycles. The van der Waals surface area contributed by atoms with E-state index >= 15 is 0 Å². The summed E-state index contributed by atoms with van der Waals surface area (Å²) in [6.45, 7) is 5.27. The van der Waals surface area contributed by atoms with Crippen molar-refractivity contribution >= 4 is 34.7 Å². The number of carbonyl (C=O) groups is 3. The zero-order valence-electron chi connectivity index (χ0n) is 16.4. The standard InChI is InChI=1S/C23H21NO4S/c1-14-9-10-15(2)18(13-14)24-22(26)21(17-7-5-4-6-8-17)28-23(27)20-12-11-19(29-20)16(3)25/h4-13,21H,1-3H3,(H,24,26). The van der Waals surface area contributed by atoms with Gasteiger partial charge in [-0.1, -0.05) is 42.5 Å². The molecule has 0 spiro atoms. The first kappa shape index (κ1) is 20.5. The predicted molar refractivity (Wildman–Crippen MR) is 113 cm³/mol. The number of rotatable bonds is 6. The molecular formula is C23H21NO4S. The van der Waals surface area contributed by atoms with Gasteiger partial charge in [-0.25, -0.2) is 4.79 Å². The highest BCUT2D eigenvalue weighted by Gasteiger charge is 2.27. The van der Waals surface area contributed by atoms with E-state index in [1.165, 1.54) is 13.0 Å².